The molecule has 21 heavy (non-hydrogen) atoms. The van der Waals surface area contributed by atoms with E-state index in [1.165, 1.54) is 27.2 Å². The van der Waals surface area contributed by atoms with Crippen LogP contribution in [0.1, 0.15) is 16.9 Å². The molecular weight excluding hydrogens is 276 g/mol. The number of fused-ring (bicyclic) bond motifs is 1. The Morgan fingerprint density at radius 2 is 1.67 bits per heavy atom. The number of hydrogen-bond donors (Lipinski definition) is 0. The molecule has 4 rings (SSSR count). The van der Waals surface area contributed by atoms with Gasteiger partial charge in [-0.1, -0.05) is 48.5 Å². The summed E-state index contributed by atoms with van der Waals surface area (Å²) < 4.78 is 5.71. The third kappa shape index (κ3) is 2.22. The van der Waals surface area contributed by atoms with Crippen molar-refractivity contribution < 1.29 is 4.42 Å². The fraction of sp³-hybridized carbons (Fsp3) is 0.0526. The summed E-state index contributed by atoms with van der Waals surface area (Å²) in [7, 11) is 0. The molecule has 1 aliphatic heterocycles. The maximum Gasteiger partial charge on any atom is 0.134 e. The molecule has 1 aromatic heterocycles. The molecule has 102 valence electrons. The Morgan fingerprint density at radius 3 is 2.48 bits per heavy atom. The number of furan rings is 1. The molecule has 0 spiro atoms. The molecule has 0 N–H and O–H groups in total. The molecule has 0 unspecified atom stereocenters. The van der Waals surface area contributed by atoms with Crippen molar-refractivity contribution in [2.24, 2.45) is 0 Å². The van der Waals surface area contributed by atoms with Gasteiger partial charge in [-0.15, -0.1) is 11.8 Å². The summed E-state index contributed by atoms with van der Waals surface area (Å²) in [4.78, 5) is 1.35. The lowest BCUT2D eigenvalue weighted by Gasteiger charge is -2.10. The Bertz CT molecular complexity index is 785. The Labute approximate surface area is 128 Å². The Morgan fingerprint density at radius 1 is 0.857 bits per heavy atom. The van der Waals surface area contributed by atoms with Gasteiger partial charge in [-0.3, -0.25) is 0 Å². The first-order chi connectivity index (χ1) is 10.4. The first-order valence-electron chi connectivity index (χ1n) is 6.98. The fourth-order valence-corrected chi connectivity index (χ4v) is 3.89. The van der Waals surface area contributed by atoms with E-state index in [1.807, 2.05) is 30.0 Å². The number of hydrogen-bond acceptors (Lipinski definition) is 2. The fourth-order valence-electron chi connectivity index (χ4n) is 2.77. The van der Waals surface area contributed by atoms with Gasteiger partial charge in [-0.05, 0) is 34.9 Å². The maximum atomic E-state index is 5.71. The maximum absolute atomic E-state index is 5.71. The summed E-state index contributed by atoms with van der Waals surface area (Å²) >= 11 is 1.90. The first-order valence-corrected chi connectivity index (χ1v) is 7.97. The molecule has 1 aliphatic rings. The third-order valence-electron chi connectivity index (χ3n) is 3.72. The van der Waals surface area contributed by atoms with Crippen LogP contribution in [0.2, 0.25) is 0 Å². The van der Waals surface area contributed by atoms with Crippen LogP contribution in [-0.4, -0.2) is 5.75 Å². The molecule has 3 aromatic rings. The highest BCUT2D eigenvalue weighted by Crippen LogP contribution is 2.44. The average molecular weight is 290 g/mol. The standard InChI is InChI=1S/C19H14OS/c1-2-7-14(8-3-1)19(17-10-6-12-20-17)16-13-21-18-11-5-4-9-15(16)18/h1-12H,13H2/b19-16+. The zero-order valence-corrected chi connectivity index (χ0v) is 12.3. The average Bonchev–Trinajstić information content (AvgIpc) is 3.20. The SMILES string of the molecule is c1ccc(/C(=C2/CSc3ccccc32)c2ccco2)cc1. The summed E-state index contributed by atoms with van der Waals surface area (Å²) in [5.41, 5.74) is 5.10. The normalized spacial score (nSPS) is 15.8. The lowest BCUT2D eigenvalue weighted by Crippen LogP contribution is -1.93. The molecule has 2 aromatic carbocycles. The van der Waals surface area contributed by atoms with Gasteiger partial charge in [0.1, 0.15) is 5.76 Å². The van der Waals surface area contributed by atoms with E-state index < -0.39 is 0 Å². The van der Waals surface area contributed by atoms with E-state index in [-0.39, 0.29) is 0 Å². The van der Waals surface area contributed by atoms with E-state index in [2.05, 4.69) is 48.5 Å². The Hall–Kier alpha value is -2.19. The summed E-state index contributed by atoms with van der Waals surface area (Å²) in [6.07, 6.45) is 1.74. The highest BCUT2D eigenvalue weighted by atomic mass is 32.2. The minimum atomic E-state index is 0.938. The van der Waals surface area contributed by atoms with Crippen LogP contribution in [-0.2, 0) is 0 Å². The first kappa shape index (κ1) is 12.5. The molecule has 2 heteroatoms. The van der Waals surface area contributed by atoms with Crippen molar-refractivity contribution in [2.75, 3.05) is 5.75 Å². The van der Waals surface area contributed by atoms with Crippen molar-refractivity contribution in [3.05, 3.63) is 89.9 Å². The van der Waals surface area contributed by atoms with E-state index in [9.17, 15) is 0 Å². The molecule has 0 atom stereocenters. The smallest absolute Gasteiger partial charge is 0.134 e. The zero-order valence-electron chi connectivity index (χ0n) is 11.5. The second kappa shape index (κ2) is 5.30. The molecule has 0 fully saturated rings. The van der Waals surface area contributed by atoms with Crippen molar-refractivity contribution in [3.63, 3.8) is 0 Å². The van der Waals surface area contributed by atoms with Gasteiger partial charge in [0.25, 0.3) is 0 Å². The molecule has 0 saturated carbocycles. The Kier molecular flexibility index (Phi) is 3.17. The largest absolute Gasteiger partial charge is 0.464 e. The third-order valence-corrected chi connectivity index (χ3v) is 4.82. The van der Waals surface area contributed by atoms with Crippen molar-refractivity contribution >= 4 is 22.9 Å². The summed E-state index contributed by atoms with van der Waals surface area (Å²) in [6, 6.07) is 23.1. The molecule has 2 heterocycles. The number of thioether (sulfide) groups is 1. The van der Waals surface area contributed by atoms with E-state index in [1.54, 1.807) is 6.26 Å². The van der Waals surface area contributed by atoms with E-state index in [0.29, 0.717) is 0 Å². The molecule has 0 aliphatic carbocycles. The second-order valence-electron chi connectivity index (χ2n) is 4.98. The van der Waals surface area contributed by atoms with Crippen molar-refractivity contribution in [2.45, 2.75) is 4.90 Å². The molecular formula is C19H14OS. The van der Waals surface area contributed by atoms with Gasteiger partial charge in [0.05, 0.1) is 6.26 Å². The lowest BCUT2D eigenvalue weighted by atomic mass is 9.94. The van der Waals surface area contributed by atoms with E-state index >= 15 is 0 Å². The second-order valence-corrected chi connectivity index (χ2v) is 6.00. The van der Waals surface area contributed by atoms with Crippen molar-refractivity contribution in [1.29, 1.82) is 0 Å². The summed E-state index contributed by atoms with van der Waals surface area (Å²) in [6.45, 7) is 0. The molecule has 1 nitrogen and oxygen atoms in total. The number of benzene rings is 2. The van der Waals surface area contributed by atoms with Crippen LogP contribution < -0.4 is 0 Å². The van der Waals surface area contributed by atoms with E-state index in [0.717, 1.165) is 11.5 Å². The highest BCUT2D eigenvalue weighted by molar-refractivity contribution is 8.00. The van der Waals surface area contributed by atoms with Crippen LogP contribution >= 0.6 is 11.8 Å². The zero-order chi connectivity index (χ0) is 14.1. The van der Waals surface area contributed by atoms with Gasteiger partial charge >= 0.3 is 0 Å². The minimum Gasteiger partial charge on any atom is -0.464 e. The topological polar surface area (TPSA) is 13.1 Å². The summed E-state index contributed by atoms with van der Waals surface area (Å²) in [5, 5.41) is 0. The monoisotopic (exact) mass is 290 g/mol. The van der Waals surface area contributed by atoms with Crippen LogP contribution in [0.25, 0.3) is 11.1 Å². The quantitative estimate of drug-likeness (QED) is 0.631. The van der Waals surface area contributed by atoms with Crippen molar-refractivity contribution in [1.82, 2.24) is 0 Å². The van der Waals surface area contributed by atoms with Gasteiger partial charge in [0, 0.05) is 16.2 Å². The van der Waals surface area contributed by atoms with Crippen LogP contribution in [0, 0.1) is 0 Å². The van der Waals surface area contributed by atoms with Crippen LogP contribution in [0.3, 0.4) is 0 Å². The van der Waals surface area contributed by atoms with Crippen LogP contribution in [0.4, 0.5) is 0 Å². The number of rotatable bonds is 2. The predicted octanol–water partition coefficient (Wildman–Crippen LogP) is 5.34. The molecule has 0 radical (unpaired) electrons. The summed E-state index contributed by atoms with van der Waals surface area (Å²) in [5.74, 6) is 1.93. The molecule has 0 saturated heterocycles. The predicted molar refractivity (Wildman–Crippen MR) is 88.2 cm³/mol. The Balaban J connectivity index is 1.98. The van der Waals surface area contributed by atoms with Gasteiger partial charge < -0.3 is 4.42 Å². The minimum absolute atomic E-state index is 0.938. The van der Waals surface area contributed by atoms with Gasteiger partial charge in [-0.25, -0.2) is 0 Å². The van der Waals surface area contributed by atoms with Gasteiger partial charge in [-0.2, -0.15) is 0 Å². The van der Waals surface area contributed by atoms with Gasteiger partial charge in [0.2, 0.25) is 0 Å². The van der Waals surface area contributed by atoms with Crippen LogP contribution in [0.5, 0.6) is 0 Å². The van der Waals surface area contributed by atoms with Crippen LogP contribution in [0.15, 0.2) is 82.3 Å². The van der Waals surface area contributed by atoms with E-state index in [4.69, 9.17) is 4.42 Å². The van der Waals surface area contributed by atoms with Crippen molar-refractivity contribution in [3.8, 4) is 0 Å². The van der Waals surface area contributed by atoms with Gasteiger partial charge in [0.15, 0.2) is 0 Å². The lowest BCUT2D eigenvalue weighted by molar-refractivity contribution is 0.554. The molecule has 0 bridgehead atoms. The molecule has 0 amide bonds. The highest BCUT2D eigenvalue weighted by Gasteiger charge is 2.22.